The topological polar surface area (TPSA) is 38.3 Å². The summed E-state index contributed by atoms with van der Waals surface area (Å²) in [6.07, 6.45) is 1.79. The van der Waals surface area contributed by atoms with Gasteiger partial charge in [-0.05, 0) is 55.8 Å². The Labute approximate surface area is 143 Å². The molecule has 25 heavy (non-hydrogen) atoms. The molecule has 2 aliphatic rings. The van der Waals surface area contributed by atoms with Crippen molar-refractivity contribution in [2.75, 3.05) is 5.32 Å². The number of allylic oxidation sites excluding steroid dienone is 1. The number of rotatable bonds is 1. The summed E-state index contributed by atoms with van der Waals surface area (Å²) in [4.78, 5) is 12.4. The van der Waals surface area contributed by atoms with Crippen LogP contribution in [0.4, 0.5) is 14.5 Å². The number of fused-ring (bicyclic) bond motifs is 1. The Morgan fingerprint density at radius 3 is 2.40 bits per heavy atom. The molecule has 0 fully saturated rings. The lowest BCUT2D eigenvalue weighted by Gasteiger charge is -2.23. The van der Waals surface area contributed by atoms with Gasteiger partial charge < -0.3 is 10.1 Å². The number of ether oxygens (including phenoxy) is 1. The van der Waals surface area contributed by atoms with Crippen LogP contribution in [0.1, 0.15) is 25.0 Å². The van der Waals surface area contributed by atoms with Crippen molar-refractivity contribution in [3.05, 3.63) is 77.1 Å². The van der Waals surface area contributed by atoms with Gasteiger partial charge in [0.15, 0.2) is 0 Å². The van der Waals surface area contributed by atoms with E-state index in [0.717, 1.165) is 11.1 Å². The zero-order chi connectivity index (χ0) is 17.8. The zero-order valence-electron chi connectivity index (χ0n) is 13.7. The van der Waals surface area contributed by atoms with E-state index < -0.39 is 11.4 Å². The van der Waals surface area contributed by atoms with Gasteiger partial charge in [0.05, 0.1) is 11.3 Å². The first-order valence-electron chi connectivity index (χ1n) is 7.88. The molecule has 4 rings (SSSR count). The Morgan fingerprint density at radius 2 is 1.68 bits per heavy atom. The fourth-order valence-electron chi connectivity index (χ4n) is 3.24. The van der Waals surface area contributed by atoms with Crippen molar-refractivity contribution in [2.45, 2.75) is 19.4 Å². The average Bonchev–Trinajstić information content (AvgIpc) is 3.03. The summed E-state index contributed by atoms with van der Waals surface area (Å²) in [6, 6.07) is 10.3. The minimum absolute atomic E-state index is 0.314. The molecule has 0 aromatic heterocycles. The second kappa shape index (κ2) is 5.28. The molecular weight excluding hydrogens is 324 g/mol. The molecule has 0 bridgehead atoms. The number of benzene rings is 2. The van der Waals surface area contributed by atoms with Crippen LogP contribution >= 0.6 is 0 Å². The van der Waals surface area contributed by atoms with E-state index in [-0.39, 0.29) is 11.7 Å². The van der Waals surface area contributed by atoms with Gasteiger partial charge in [0, 0.05) is 11.1 Å². The van der Waals surface area contributed by atoms with E-state index in [1.165, 1.54) is 24.3 Å². The van der Waals surface area contributed by atoms with Crippen LogP contribution in [-0.2, 0) is 9.53 Å². The quantitative estimate of drug-likeness (QED) is 0.776. The van der Waals surface area contributed by atoms with Crippen LogP contribution in [0.5, 0.6) is 0 Å². The van der Waals surface area contributed by atoms with Crippen LogP contribution in [0.2, 0.25) is 0 Å². The number of nitrogens with one attached hydrogen (secondary N) is 1. The predicted octanol–water partition coefficient (Wildman–Crippen LogP) is 4.52. The van der Waals surface area contributed by atoms with E-state index in [9.17, 15) is 13.6 Å². The Hall–Kier alpha value is -2.95. The normalized spacial score (nSPS) is 20.8. The lowest BCUT2D eigenvalue weighted by atomic mass is 9.92. The summed E-state index contributed by atoms with van der Waals surface area (Å²) in [5, 5.41) is 2.66. The van der Waals surface area contributed by atoms with Gasteiger partial charge in [0.2, 0.25) is 0 Å². The van der Waals surface area contributed by atoms with Gasteiger partial charge in [-0.2, -0.15) is 0 Å². The number of halogens is 2. The van der Waals surface area contributed by atoms with Crippen LogP contribution in [0.3, 0.4) is 0 Å². The molecule has 5 heteroatoms. The van der Waals surface area contributed by atoms with Crippen molar-refractivity contribution < 1.29 is 18.3 Å². The lowest BCUT2D eigenvalue weighted by Crippen LogP contribution is -2.21. The van der Waals surface area contributed by atoms with Crippen molar-refractivity contribution in [2.24, 2.45) is 0 Å². The van der Waals surface area contributed by atoms with Crippen molar-refractivity contribution in [3.63, 3.8) is 0 Å². The molecular formula is C20H15F2NO2. The van der Waals surface area contributed by atoms with Crippen molar-refractivity contribution >= 4 is 22.7 Å². The third-order valence-electron chi connectivity index (χ3n) is 4.42. The standard InChI is InChI=1S/C20H15F2NO2/c1-20(2)15(11-3-5-12(21)6-4-11)10-17(25-20)18-14-8-7-13(22)9-16(14)23-19(18)24/h3-10H,1-2H3,(H,23,24). The molecule has 3 nitrogen and oxygen atoms in total. The summed E-state index contributed by atoms with van der Waals surface area (Å²) in [7, 11) is 0. The molecule has 0 saturated heterocycles. The summed E-state index contributed by atoms with van der Waals surface area (Å²) in [5.41, 5.74) is 2.40. The summed E-state index contributed by atoms with van der Waals surface area (Å²) in [6.45, 7) is 3.77. The Bertz CT molecular complexity index is 956. The number of anilines is 1. The molecule has 1 amide bonds. The molecule has 0 aliphatic carbocycles. The molecule has 0 saturated carbocycles. The van der Waals surface area contributed by atoms with Crippen molar-refractivity contribution in [3.8, 4) is 0 Å². The minimum atomic E-state index is -0.677. The molecule has 2 aliphatic heterocycles. The molecule has 126 valence electrons. The van der Waals surface area contributed by atoms with E-state index in [1.807, 2.05) is 13.8 Å². The highest BCUT2D eigenvalue weighted by Gasteiger charge is 2.37. The fourth-order valence-corrected chi connectivity index (χ4v) is 3.24. The van der Waals surface area contributed by atoms with Crippen molar-refractivity contribution in [1.82, 2.24) is 0 Å². The summed E-state index contributed by atoms with van der Waals surface area (Å²) >= 11 is 0. The Balaban J connectivity index is 1.86. The lowest BCUT2D eigenvalue weighted by molar-refractivity contribution is -0.111. The number of hydrogen-bond acceptors (Lipinski definition) is 2. The minimum Gasteiger partial charge on any atom is -0.482 e. The van der Waals surface area contributed by atoms with Crippen LogP contribution in [0.25, 0.3) is 11.1 Å². The highest BCUT2D eigenvalue weighted by molar-refractivity contribution is 6.32. The fraction of sp³-hybridized carbons (Fsp3) is 0.150. The molecule has 2 aromatic rings. The van der Waals surface area contributed by atoms with Crippen LogP contribution < -0.4 is 5.32 Å². The molecule has 0 atom stereocenters. The average molecular weight is 339 g/mol. The van der Waals surface area contributed by atoms with Gasteiger partial charge in [0.25, 0.3) is 5.91 Å². The van der Waals surface area contributed by atoms with Gasteiger partial charge in [-0.25, -0.2) is 8.78 Å². The number of amides is 1. The molecule has 2 heterocycles. The van der Waals surface area contributed by atoms with E-state index in [0.29, 0.717) is 22.6 Å². The van der Waals surface area contributed by atoms with E-state index >= 15 is 0 Å². The highest BCUT2D eigenvalue weighted by atomic mass is 19.1. The van der Waals surface area contributed by atoms with Gasteiger partial charge in [-0.3, -0.25) is 4.79 Å². The van der Waals surface area contributed by atoms with Gasteiger partial charge in [0.1, 0.15) is 23.0 Å². The zero-order valence-corrected chi connectivity index (χ0v) is 13.7. The Morgan fingerprint density at radius 1 is 1.00 bits per heavy atom. The maximum Gasteiger partial charge on any atom is 0.260 e. The SMILES string of the molecule is CC1(C)OC(=C2C(=O)Nc3cc(F)ccc32)C=C1c1ccc(F)cc1. The first-order valence-corrected chi connectivity index (χ1v) is 7.88. The molecule has 0 radical (unpaired) electrons. The Kier molecular flexibility index (Phi) is 3.29. The maximum atomic E-state index is 13.4. The predicted molar refractivity (Wildman–Crippen MR) is 91.5 cm³/mol. The van der Waals surface area contributed by atoms with Crippen molar-refractivity contribution in [1.29, 1.82) is 0 Å². The number of hydrogen-bond donors (Lipinski definition) is 1. The summed E-state index contributed by atoms with van der Waals surface area (Å²) < 4.78 is 32.6. The maximum absolute atomic E-state index is 13.4. The molecule has 0 spiro atoms. The van der Waals surface area contributed by atoms with Gasteiger partial charge >= 0.3 is 0 Å². The monoisotopic (exact) mass is 339 g/mol. The van der Waals surface area contributed by atoms with E-state index in [4.69, 9.17) is 4.74 Å². The second-order valence-electron chi connectivity index (χ2n) is 6.56. The van der Waals surface area contributed by atoms with E-state index in [2.05, 4.69) is 5.32 Å². The number of carbonyl (C=O) groups excluding carboxylic acids is 1. The third-order valence-corrected chi connectivity index (χ3v) is 4.42. The molecule has 2 aromatic carbocycles. The van der Waals surface area contributed by atoms with Gasteiger partial charge in [-0.15, -0.1) is 0 Å². The largest absolute Gasteiger partial charge is 0.482 e. The first kappa shape index (κ1) is 15.6. The van der Waals surface area contributed by atoms with E-state index in [1.54, 1.807) is 24.3 Å². The molecule has 1 N–H and O–H groups in total. The highest BCUT2D eigenvalue weighted by Crippen LogP contribution is 2.44. The van der Waals surface area contributed by atoms with Crippen LogP contribution in [-0.4, -0.2) is 11.5 Å². The van der Waals surface area contributed by atoms with Crippen LogP contribution in [0, 0.1) is 11.6 Å². The number of carbonyl (C=O) groups is 1. The smallest absolute Gasteiger partial charge is 0.260 e. The molecule has 0 unspecified atom stereocenters. The summed E-state index contributed by atoms with van der Waals surface area (Å²) in [5.74, 6) is -0.638. The first-order chi connectivity index (χ1) is 11.8. The van der Waals surface area contributed by atoms with Crippen LogP contribution in [0.15, 0.2) is 54.3 Å². The van der Waals surface area contributed by atoms with Gasteiger partial charge in [-0.1, -0.05) is 12.1 Å². The third kappa shape index (κ3) is 2.52. The second-order valence-corrected chi connectivity index (χ2v) is 6.56.